The Bertz CT molecular complexity index is 209. The summed E-state index contributed by atoms with van der Waals surface area (Å²) in [6.45, 7) is 3.47. The van der Waals surface area contributed by atoms with Crippen LogP contribution in [0, 0.1) is 5.92 Å². The van der Waals surface area contributed by atoms with Gasteiger partial charge in [0.05, 0.1) is 0 Å². The van der Waals surface area contributed by atoms with Gasteiger partial charge in [-0.05, 0) is 6.92 Å². The molecule has 0 bridgehead atoms. The molecular formula is C8H12BrNO2. The Balaban J connectivity index is 2.46. The fourth-order valence-electron chi connectivity index (χ4n) is 1.31. The number of rotatable bonds is 3. The van der Waals surface area contributed by atoms with E-state index in [1.54, 1.807) is 13.0 Å². The highest BCUT2D eigenvalue weighted by atomic mass is 79.9. The van der Waals surface area contributed by atoms with Crippen molar-refractivity contribution < 1.29 is 9.90 Å². The minimum atomic E-state index is -0.828. The van der Waals surface area contributed by atoms with Gasteiger partial charge in [0.1, 0.15) is 5.70 Å². The van der Waals surface area contributed by atoms with E-state index in [0.29, 0.717) is 11.6 Å². The molecule has 0 atom stereocenters. The van der Waals surface area contributed by atoms with Crippen LogP contribution in [0.2, 0.25) is 0 Å². The summed E-state index contributed by atoms with van der Waals surface area (Å²) < 4.78 is 0. The second-order valence-electron chi connectivity index (χ2n) is 2.90. The Labute approximate surface area is 80.2 Å². The Hall–Kier alpha value is -0.510. The molecule has 1 rings (SSSR count). The van der Waals surface area contributed by atoms with E-state index < -0.39 is 5.97 Å². The van der Waals surface area contributed by atoms with Crippen LogP contribution in [0.15, 0.2) is 11.8 Å². The smallest absolute Gasteiger partial charge is 0.351 e. The Morgan fingerprint density at radius 3 is 2.67 bits per heavy atom. The highest BCUT2D eigenvalue weighted by Crippen LogP contribution is 2.22. The van der Waals surface area contributed by atoms with E-state index >= 15 is 0 Å². The average Bonchev–Trinajstić information content (AvgIpc) is 1.94. The summed E-state index contributed by atoms with van der Waals surface area (Å²) in [5.74, 6) is -0.218. The second-order valence-corrected chi connectivity index (χ2v) is 3.55. The van der Waals surface area contributed by atoms with Gasteiger partial charge in [0, 0.05) is 24.3 Å². The van der Waals surface area contributed by atoms with Crippen LogP contribution in [0.1, 0.15) is 6.92 Å². The molecule has 0 saturated carbocycles. The lowest BCUT2D eigenvalue weighted by atomic mass is 10.0. The molecule has 4 heteroatoms. The van der Waals surface area contributed by atoms with Gasteiger partial charge in [-0.25, -0.2) is 4.79 Å². The molecule has 3 nitrogen and oxygen atoms in total. The molecule has 0 radical (unpaired) electrons. The van der Waals surface area contributed by atoms with Gasteiger partial charge in [-0.1, -0.05) is 22.0 Å². The molecule has 0 unspecified atom stereocenters. The quantitative estimate of drug-likeness (QED) is 0.591. The molecule has 0 aromatic rings. The van der Waals surface area contributed by atoms with Gasteiger partial charge in [-0.15, -0.1) is 0 Å². The zero-order valence-corrected chi connectivity index (χ0v) is 8.54. The SMILES string of the molecule is CC=C(C(=O)O)N1CC(CBr)C1. The van der Waals surface area contributed by atoms with Gasteiger partial charge in [0.15, 0.2) is 0 Å². The van der Waals surface area contributed by atoms with Crippen LogP contribution in [0.4, 0.5) is 0 Å². The monoisotopic (exact) mass is 233 g/mol. The number of allylic oxidation sites excluding steroid dienone is 1. The van der Waals surface area contributed by atoms with Gasteiger partial charge in [0.2, 0.25) is 0 Å². The molecule has 1 fully saturated rings. The van der Waals surface area contributed by atoms with Crippen molar-refractivity contribution in [3.63, 3.8) is 0 Å². The summed E-state index contributed by atoms with van der Waals surface area (Å²) in [6, 6.07) is 0. The summed E-state index contributed by atoms with van der Waals surface area (Å²) in [7, 11) is 0. The van der Waals surface area contributed by atoms with Crippen molar-refractivity contribution in [2.24, 2.45) is 5.92 Å². The van der Waals surface area contributed by atoms with E-state index in [1.807, 2.05) is 4.90 Å². The van der Waals surface area contributed by atoms with Gasteiger partial charge in [-0.3, -0.25) is 0 Å². The molecule has 1 heterocycles. The topological polar surface area (TPSA) is 40.5 Å². The molecule has 0 aliphatic carbocycles. The average molecular weight is 234 g/mol. The zero-order valence-electron chi connectivity index (χ0n) is 6.96. The van der Waals surface area contributed by atoms with Gasteiger partial charge in [-0.2, -0.15) is 0 Å². The van der Waals surface area contributed by atoms with Crippen LogP contribution in [0.3, 0.4) is 0 Å². The van der Waals surface area contributed by atoms with E-state index in [-0.39, 0.29) is 0 Å². The van der Waals surface area contributed by atoms with Crippen molar-refractivity contribution >= 4 is 21.9 Å². The largest absolute Gasteiger partial charge is 0.477 e. The highest BCUT2D eigenvalue weighted by molar-refractivity contribution is 9.09. The van der Waals surface area contributed by atoms with Crippen molar-refractivity contribution in [3.8, 4) is 0 Å². The van der Waals surface area contributed by atoms with E-state index in [1.165, 1.54) is 0 Å². The predicted octanol–water partition coefficient (Wildman–Crippen LogP) is 1.30. The molecule has 68 valence electrons. The number of carboxylic acids is 1. The first-order chi connectivity index (χ1) is 5.69. The first-order valence-corrected chi connectivity index (χ1v) is 5.01. The van der Waals surface area contributed by atoms with Crippen molar-refractivity contribution in [2.45, 2.75) is 6.92 Å². The third kappa shape index (κ3) is 1.80. The molecule has 1 N–H and O–H groups in total. The summed E-state index contributed by atoms with van der Waals surface area (Å²) in [5, 5.41) is 9.70. The summed E-state index contributed by atoms with van der Waals surface area (Å²) >= 11 is 3.37. The summed E-state index contributed by atoms with van der Waals surface area (Å²) in [4.78, 5) is 12.5. The third-order valence-corrected chi connectivity index (χ3v) is 2.92. The van der Waals surface area contributed by atoms with E-state index in [9.17, 15) is 4.79 Å². The molecule has 0 amide bonds. The zero-order chi connectivity index (χ0) is 9.14. The predicted molar refractivity (Wildman–Crippen MR) is 50.2 cm³/mol. The minimum absolute atomic E-state index is 0.423. The number of halogens is 1. The van der Waals surface area contributed by atoms with Crippen LogP contribution in [-0.4, -0.2) is 34.4 Å². The van der Waals surface area contributed by atoms with Crippen molar-refractivity contribution in [3.05, 3.63) is 11.8 Å². The number of aliphatic carboxylic acids is 1. The number of nitrogens with zero attached hydrogens (tertiary/aromatic N) is 1. The maximum absolute atomic E-state index is 10.6. The van der Waals surface area contributed by atoms with Crippen LogP contribution in [0.25, 0.3) is 0 Å². The number of carboxylic acid groups (broad SMARTS) is 1. The standard InChI is InChI=1S/C8H12BrNO2/c1-2-7(8(11)12)10-4-6(3-9)5-10/h2,6H,3-5H2,1H3,(H,11,12). The molecule has 1 aliphatic rings. The molecule has 0 aromatic heterocycles. The van der Waals surface area contributed by atoms with Crippen LogP contribution < -0.4 is 0 Å². The van der Waals surface area contributed by atoms with Crippen LogP contribution in [0.5, 0.6) is 0 Å². The Morgan fingerprint density at radius 1 is 1.75 bits per heavy atom. The van der Waals surface area contributed by atoms with Crippen LogP contribution in [-0.2, 0) is 4.79 Å². The third-order valence-electron chi connectivity index (χ3n) is 2.01. The number of alkyl halides is 1. The second kappa shape index (κ2) is 3.94. The van der Waals surface area contributed by atoms with E-state index in [2.05, 4.69) is 15.9 Å². The van der Waals surface area contributed by atoms with Crippen LogP contribution >= 0.6 is 15.9 Å². The molecule has 1 saturated heterocycles. The first kappa shape index (κ1) is 9.58. The lowest BCUT2D eigenvalue weighted by Crippen LogP contribution is -2.48. The molecule has 0 spiro atoms. The normalized spacial score (nSPS) is 19.2. The van der Waals surface area contributed by atoms with Gasteiger partial charge >= 0.3 is 5.97 Å². The fourth-order valence-corrected chi connectivity index (χ4v) is 1.71. The maximum atomic E-state index is 10.6. The Kier molecular flexibility index (Phi) is 3.14. The lowest BCUT2D eigenvalue weighted by molar-refractivity contribution is -0.135. The number of hydrogen-bond donors (Lipinski definition) is 1. The lowest BCUT2D eigenvalue weighted by Gasteiger charge is -2.40. The summed E-state index contributed by atoms with van der Waals surface area (Å²) in [5.41, 5.74) is 0.423. The van der Waals surface area contributed by atoms with Gasteiger partial charge in [0.25, 0.3) is 0 Å². The molecule has 1 aliphatic heterocycles. The number of carbonyl (C=O) groups is 1. The maximum Gasteiger partial charge on any atom is 0.351 e. The van der Waals surface area contributed by atoms with Crippen molar-refractivity contribution in [1.82, 2.24) is 4.90 Å². The number of likely N-dealkylation sites (tertiary alicyclic amines) is 1. The fraction of sp³-hybridized carbons (Fsp3) is 0.625. The Morgan fingerprint density at radius 2 is 2.33 bits per heavy atom. The number of hydrogen-bond acceptors (Lipinski definition) is 2. The molecular weight excluding hydrogens is 222 g/mol. The van der Waals surface area contributed by atoms with E-state index in [4.69, 9.17) is 5.11 Å². The first-order valence-electron chi connectivity index (χ1n) is 3.89. The van der Waals surface area contributed by atoms with Gasteiger partial charge < -0.3 is 10.0 Å². The molecule has 12 heavy (non-hydrogen) atoms. The van der Waals surface area contributed by atoms with E-state index in [0.717, 1.165) is 18.4 Å². The molecule has 0 aromatic carbocycles. The minimum Gasteiger partial charge on any atom is -0.477 e. The van der Waals surface area contributed by atoms with Crippen molar-refractivity contribution in [1.29, 1.82) is 0 Å². The highest BCUT2D eigenvalue weighted by Gasteiger charge is 2.29. The summed E-state index contributed by atoms with van der Waals surface area (Å²) in [6.07, 6.45) is 1.65. The van der Waals surface area contributed by atoms with Crippen molar-refractivity contribution in [2.75, 3.05) is 18.4 Å².